The highest BCUT2D eigenvalue weighted by Crippen LogP contribution is 2.30. The highest BCUT2D eigenvalue weighted by atomic mass is 32.1. The number of fused-ring (bicyclic) bond motifs is 1. The van der Waals surface area contributed by atoms with Crippen molar-refractivity contribution in [2.45, 2.75) is 19.8 Å². The molecule has 5 heteroatoms. The van der Waals surface area contributed by atoms with Crippen molar-refractivity contribution in [1.29, 1.82) is 0 Å². The maximum absolute atomic E-state index is 12.3. The summed E-state index contributed by atoms with van der Waals surface area (Å²) in [5, 5.41) is 6.44. The molecule has 0 aliphatic heterocycles. The minimum absolute atomic E-state index is 0.180. The number of rotatable bonds is 4. The topological polar surface area (TPSA) is 34.9 Å². The lowest BCUT2D eigenvalue weighted by Gasteiger charge is -1.99. The van der Waals surface area contributed by atoms with Crippen molar-refractivity contribution in [2.75, 3.05) is 0 Å². The molecule has 19 heavy (non-hydrogen) atoms. The molecule has 0 atom stereocenters. The van der Waals surface area contributed by atoms with Crippen molar-refractivity contribution in [3.8, 4) is 0 Å². The third-order valence-electron chi connectivity index (χ3n) is 3.15. The molecule has 98 valence electrons. The second kappa shape index (κ2) is 4.90. The van der Waals surface area contributed by atoms with Crippen LogP contribution in [0, 0.1) is 0 Å². The van der Waals surface area contributed by atoms with E-state index in [0.717, 1.165) is 22.7 Å². The molecular formula is C14H14N2OS2. The van der Waals surface area contributed by atoms with Crippen LogP contribution in [0.1, 0.15) is 28.0 Å². The van der Waals surface area contributed by atoms with E-state index < -0.39 is 0 Å². The van der Waals surface area contributed by atoms with Gasteiger partial charge in [0.2, 0.25) is 0 Å². The van der Waals surface area contributed by atoms with Gasteiger partial charge in [-0.05, 0) is 30.0 Å². The second-order valence-corrected chi connectivity index (χ2v) is 6.50. The molecule has 0 N–H and O–H groups in total. The Morgan fingerprint density at radius 2 is 2.21 bits per heavy atom. The Morgan fingerprint density at radius 1 is 1.37 bits per heavy atom. The molecule has 3 aromatic heterocycles. The van der Waals surface area contributed by atoms with Crippen molar-refractivity contribution in [3.63, 3.8) is 0 Å². The molecule has 0 saturated carbocycles. The molecule has 0 unspecified atom stereocenters. The number of nitrogens with zero attached hydrogens (tertiary/aromatic N) is 2. The van der Waals surface area contributed by atoms with Crippen LogP contribution in [0.3, 0.4) is 0 Å². The normalized spacial score (nSPS) is 11.3. The zero-order valence-corrected chi connectivity index (χ0v) is 12.5. The average molecular weight is 290 g/mol. The number of thiophene rings is 2. The van der Waals surface area contributed by atoms with E-state index in [1.807, 2.05) is 23.9 Å². The van der Waals surface area contributed by atoms with E-state index in [1.165, 1.54) is 9.40 Å². The molecule has 0 amide bonds. The minimum Gasteiger partial charge on any atom is -0.293 e. The van der Waals surface area contributed by atoms with Crippen LogP contribution < -0.4 is 0 Å². The maximum atomic E-state index is 12.3. The van der Waals surface area contributed by atoms with Gasteiger partial charge in [-0.1, -0.05) is 6.92 Å². The molecule has 3 rings (SSSR count). The molecule has 0 fully saturated rings. The van der Waals surface area contributed by atoms with Gasteiger partial charge in [0.15, 0.2) is 5.78 Å². The fraction of sp³-hybridized carbons (Fsp3) is 0.286. The van der Waals surface area contributed by atoms with E-state index in [4.69, 9.17) is 0 Å². The number of hydrogen-bond acceptors (Lipinski definition) is 4. The van der Waals surface area contributed by atoms with Crippen LogP contribution >= 0.6 is 22.7 Å². The van der Waals surface area contributed by atoms with Gasteiger partial charge >= 0.3 is 0 Å². The van der Waals surface area contributed by atoms with Crippen molar-refractivity contribution in [2.24, 2.45) is 7.05 Å². The van der Waals surface area contributed by atoms with E-state index >= 15 is 0 Å². The Labute approximate surface area is 119 Å². The number of carbonyl (C=O) groups excluding carboxylic acids is 1. The van der Waals surface area contributed by atoms with Gasteiger partial charge < -0.3 is 0 Å². The maximum Gasteiger partial charge on any atom is 0.178 e. The molecule has 0 bridgehead atoms. The first-order valence-corrected chi connectivity index (χ1v) is 7.89. The second-order valence-electron chi connectivity index (χ2n) is 4.46. The SMILES string of the molecule is CCc1cc(CC(=O)c2cc3sccc3s2)n(C)n1. The average Bonchev–Trinajstić information content (AvgIpc) is 3.03. The van der Waals surface area contributed by atoms with Crippen LogP contribution in [0.2, 0.25) is 0 Å². The number of carbonyl (C=O) groups is 1. The molecule has 3 nitrogen and oxygen atoms in total. The smallest absolute Gasteiger partial charge is 0.178 e. The van der Waals surface area contributed by atoms with E-state index in [0.29, 0.717) is 6.42 Å². The third kappa shape index (κ3) is 2.35. The van der Waals surface area contributed by atoms with Crippen LogP contribution in [0.4, 0.5) is 0 Å². The van der Waals surface area contributed by atoms with Crippen LogP contribution in [-0.2, 0) is 19.9 Å². The molecule has 3 heterocycles. The highest BCUT2D eigenvalue weighted by Gasteiger charge is 2.14. The lowest BCUT2D eigenvalue weighted by Crippen LogP contribution is -2.06. The fourth-order valence-electron chi connectivity index (χ4n) is 2.06. The van der Waals surface area contributed by atoms with Crippen LogP contribution in [0.15, 0.2) is 23.6 Å². The van der Waals surface area contributed by atoms with Gasteiger partial charge in [0, 0.05) is 22.1 Å². The van der Waals surface area contributed by atoms with Crippen molar-refractivity contribution in [3.05, 3.63) is 39.8 Å². The first kappa shape index (κ1) is 12.6. The van der Waals surface area contributed by atoms with Crippen molar-refractivity contribution < 1.29 is 4.79 Å². The molecule has 3 aromatic rings. The predicted molar refractivity (Wildman–Crippen MR) is 80.3 cm³/mol. The van der Waals surface area contributed by atoms with Gasteiger partial charge in [-0.15, -0.1) is 22.7 Å². The monoisotopic (exact) mass is 290 g/mol. The van der Waals surface area contributed by atoms with Crippen molar-refractivity contribution in [1.82, 2.24) is 9.78 Å². The fourth-order valence-corrected chi connectivity index (χ4v) is 4.11. The number of ketones is 1. The Kier molecular flexibility index (Phi) is 3.24. The summed E-state index contributed by atoms with van der Waals surface area (Å²) in [4.78, 5) is 13.2. The van der Waals surface area contributed by atoms with Gasteiger partial charge in [-0.2, -0.15) is 5.10 Å². The van der Waals surface area contributed by atoms with Crippen LogP contribution in [-0.4, -0.2) is 15.6 Å². The van der Waals surface area contributed by atoms with Gasteiger partial charge in [0.1, 0.15) is 0 Å². The summed E-state index contributed by atoms with van der Waals surface area (Å²) in [7, 11) is 1.90. The van der Waals surface area contributed by atoms with Crippen LogP contribution in [0.5, 0.6) is 0 Å². The van der Waals surface area contributed by atoms with E-state index in [1.54, 1.807) is 22.7 Å². The summed E-state index contributed by atoms with van der Waals surface area (Å²) in [6.07, 6.45) is 1.33. The summed E-state index contributed by atoms with van der Waals surface area (Å²) in [6.45, 7) is 2.07. The summed E-state index contributed by atoms with van der Waals surface area (Å²) >= 11 is 3.26. The molecule has 0 spiro atoms. The number of Topliss-reactive ketones (excluding diaryl/α,β-unsaturated/α-hetero) is 1. The highest BCUT2D eigenvalue weighted by molar-refractivity contribution is 7.27. The van der Waals surface area contributed by atoms with E-state index in [-0.39, 0.29) is 5.78 Å². The van der Waals surface area contributed by atoms with Gasteiger partial charge in [-0.25, -0.2) is 0 Å². The van der Waals surface area contributed by atoms with Gasteiger partial charge in [0.25, 0.3) is 0 Å². The van der Waals surface area contributed by atoms with Gasteiger partial charge in [-0.3, -0.25) is 9.48 Å². The number of aromatic nitrogens is 2. The Bertz CT molecular complexity index is 707. The van der Waals surface area contributed by atoms with E-state index in [2.05, 4.69) is 23.5 Å². The number of hydrogen-bond donors (Lipinski definition) is 0. The Hall–Kier alpha value is -1.46. The Balaban J connectivity index is 1.84. The summed E-state index contributed by atoms with van der Waals surface area (Å²) < 4.78 is 4.22. The van der Waals surface area contributed by atoms with Crippen LogP contribution in [0.25, 0.3) is 9.40 Å². The molecule has 0 aliphatic carbocycles. The summed E-state index contributed by atoms with van der Waals surface area (Å²) in [5.41, 5.74) is 2.02. The molecule has 0 aliphatic rings. The lowest BCUT2D eigenvalue weighted by atomic mass is 10.2. The zero-order valence-electron chi connectivity index (χ0n) is 10.8. The minimum atomic E-state index is 0.180. The third-order valence-corrected chi connectivity index (χ3v) is 5.28. The van der Waals surface area contributed by atoms with Crippen molar-refractivity contribution >= 4 is 37.9 Å². The Morgan fingerprint density at radius 3 is 2.89 bits per heavy atom. The lowest BCUT2D eigenvalue weighted by molar-refractivity contribution is 0.0994. The van der Waals surface area contributed by atoms with Gasteiger partial charge in [0.05, 0.1) is 17.0 Å². The quantitative estimate of drug-likeness (QED) is 0.687. The molecule has 0 aromatic carbocycles. The molecular weight excluding hydrogens is 276 g/mol. The zero-order chi connectivity index (χ0) is 13.4. The number of aryl methyl sites for hydroxylation is 2. The summed E-state index contributed by atoms with van der Waals surface area (Å²) in [6, 6.07) is 6.10. The predicted octanol–water partition coefficient (Wildman–Crippen LogP) is 3.68. The molecule has 0 saturated heterocycles. The first-order chi connectivity index (χ1) is 9.17. The first-order valence-electron chi connectivity index (χ1n) is 6.19. The molecule has 0 radical (unpaired) electrons. The largest absolute Gasteiger partial charge is 0.293 e. The summed E-state index contributed by atoms with van der Waals surface area (Å²) in [5.74, 6) is 0.180. The van der Waals surface area contributed by atoms with E-state index in [9.17, 15) is 4.79 Å². The standard InChI is InChI=1S/C14H14N2OS2/c1-3-9-6-10(16(2)15-9)7-11(17)13-8-14-12(19-13)4-5-18-14/h4-6,8H,3,7H2,1-2H3.